The molecule has 1 unspecified atom stereocenters. The summed E-state index contributed by atoms with van der Waals surface area (Å²) < 4.78 is 2.17. The average molecular weight is 270 g/mol. The molecule has 4 heterocycles. The van der Waals surface area contributed by atoms with Gasteiger partial charge in [-0.05, 0) is 13.0 Å². The van der Waals surface area contributed by atoms with E-state index in [9.17, 15) is 0 Å². The summed E-state index contributed by atoms with van der Waals surface area (Å²) in [5.41, 5.74) is 10.7. The largest absolute Gasteiger partial charge is 0.382 e. The van der Waals surface area contributed by atoms with Crippen molar-refractivity contribution in [2.24, 2.45) is 0 Å². The molecule has 0 saturated carbocycles. The first-order valence-electron chi connectivity index (χ1n) is 6.94. The maximum absolute atomic E-state index is 6.07. The lowest BCUT2D eigenvalue weighted by Gasteiger charge is -2.37. The van der Waals surface area contributed by atoms with Gasteiger partial charge in [-0.1, -0.05) is 0 Å². The van der Waals surface area contributed by atoms with Crippen LogP contribution >= 0.6 is 0 Å². The molecule has 0 amide bonds. The predicted octanol–water partition coefficient (Wildman–Crippen LogP) is 1.18. The van der Waals surface area contributed by atoms with E-state index in [1.165, 1.54) is 11.3 Å². The second kappa shape index (κ2) is 3.96. The number of hydrogen-bond donors (Lipinski definition) is 2. The van der Waals surface area contributed by atoms with Crippen molar-refractivity contribution in [3.63, 3.8) is 0 Å². The van der Waals surface area contributed by atoms with Crippen molar-refractivity contribution >= 4 is 11.5 Å². The zero-order valence-corrected chi connectivity index (χ0v) is 11.7. The van der Waals surface area contributed by atoms with Gasteiger partial charge in [-0.15, -0.1) is 0 Å². The average Bonchev–Trinajstić information content (AvgIpc) is 2.78. The maximum atomic E-state index is 6.07. The number of hydrogen-bond acceptors (Lipinski definition) is 5. The molecule has 0 radical (unpaired) electrons. The standard InChI is InChI=1S/C14H18N6/c1-8-12-11(7-18-20(12)9-5-16-6-9)10-3-4-17-14(15)13(10)19(8)2/h3-4,7-9,16H,5-6H2,1-2H3,(H2,15,17). The van der Waals surface area contributed by atoms with Crippen molar-refractivity contribution in [1.82, 2.24) is 20.1 Å². The quantitative estimate of drug-likeness (QED) is 0.814. The third-order valence-corrected chi connectivity index (χ3v) is 4.51. The third kappa shape index (κ3) is 1.37. The Morgan fingerprint density at radius 3 is 2.85 bits per heavy atom. The van der Waals surface area contributed by atoms with Gasteiger partial charge in [0.25, 0.3) is 0 Å². The van der Waals surface area contributed by atoms with Crippen LogP contribution in [0.2, 0.25) is 0 Å². The lowest BCUT2D eigenvalue weighted by Crippen LogP contribution is -2.45. The lowest BCUT2D eigenvalue weighted by molar-refractivity contribution is 0.306. The van der Waals surface area contributed by atoms with Crippen molar-refractivity contribution < 1.29 is 0 Å². The predicted molar refractivity (Wildman–Crippen MR) is 78.6 cm³/mol. The molecule has 2 aromatic rings. The Labute approximate surface area is 117 Å². The maximum Gasteiger partial charge on any atom is 0.147 e. The van der Waals surface area contributed by atoms with Gasteiger partial charge in [0.05, 0.1) is 29.7 Å². The SMILES string of the molecule is CC1c2c(cnn2C2CNC2)-c2ccnc(N)c2N1C. The molecule has 20 heavy (non-hydrogen) atoms. The zero-order valence-electron chi connectivity index (χ0n) is 11.7. The molecule has 1 fully saturated rings. The number of anilines is 2. The van der Waals surface area contributed by atoms with Gasteiger partial charge in [0.1, 0.15) is 5.82 Å². The van der Waals surface area contributed by atoms with Crippen LogP contribution in [0.1, 0.15) is 24.7 Å². The highest BCUT2D eigenvalue weighted by Gasteiger charge is 2.34. The highest BCUT2D eigenvalue weighted by atomic mass is 15.4. The van der Waals surface area contributed by atoms with Crippen molar-refractivity contribution in [2.75, 3.05) is 30.8 Å². The van der Waals surface area contributed by atoms with Gasteiger partial charge in [0.15, 0.2) is 0 Å². The molecule has 1 saturated heterocycles. The fourth-order valence-electron chi connectivity index (χ4n) is 3.17. The van der Waals surface area contributed by atoms with Crippen LogP contribution in [-0.4, -0.2) is 34.9 Å². The highest BCUT2D eigenvalue weighted by Crippen LogP contribution is 2.46. The number of nitrogens with two attached hydrogens (primary N) is 1. The number of nitrogens with zero attached hydrogens (tertiary/aromatic N) is 4. The summed E-state index contributed by atoms with van der Waals surface area (Å²) in [5.74, 6) is 0.584. The number of pyridine rings is 1. The van der Waals surface area contributed by atoms with Gasteiger partial charge in [0.2, 0.25) is 0 Å². The van der Waals surface area contributed by atoms with E-state index in [0.717, 1.165) is 24.3 Å². The topological polar surface area (TPSA) is 72.0 Å². The van der Waals surface area contributed by atoms with E-state index in [-0.39, 0.29) is 6.04 Å². The Hall–Kier alpha value is -2.08. The van der Waals surface area contributed by atoms with E-state index in [0.29, 0.717) is 11.9 Å². The molecular weight excluding hydrogens is 252 g/mol. The first kappa shape index (κ1) is 11.7. The molecule has 4 rings (SSSR count). The fraction of sp³-hybridized carbons (Fsp3) is 0.429. The second-order valence-corrected chi connectivity index (χ2v) is 5.58. The van der Waals surface area contributed by atoms with Crippen LogP contribution in [0.15, 0.2) is 18.5 Å². The molecule has 0 spiro atoms. The first-order chi connectivity index (χ1) is 9.68. The molecule has 1 atom stereocenters. The number of fused-ring (bicyclic) bond motifs is 3. The normalized spacial score (nSPS) is 21.3. The summed E-state index contributed by atoms with van der Waals surface area (Å²) in [6.45, 7) is 4.18. The van der Waals surface area contributed by atoms with Crippen LogP contribution in [-0.2, 0) is 0 Å². The number of nitrogens with one attached hydrogen (secondary N) is 1. The minimum Gasteiger partial charge on any atom is -0.382 e. The highest BCUT2D eigenvalue weighted by molar-refractivity contribution is 5.88. The zero-order chi connectivity index (χ0) is 13.9. The molecule has 2 aromatic heterocycles. The minimum absolute atomic E-state index is 0.243. The number of aromatic nitrogens is 3. The van der Waals surface area contributed by atoms with Crippen molar-refractivity contribution in [2.45, 2.75) is 19.0 Å². The Morgan fingerprint density at radius 2 is 2.15 bits per heavy atom. The summed E-state index contributed by atoms with van der Waals surface area (Å²) in [6, 6.07) is 2.74. The van der Waals surface area contributed by atoms with Crippen LogP contribution in [0.3, 0.4) is 0 Å². The molecule has 104 valence electrons. The van der Waals surface area contributed by atoms with Crippen LogP contribution in [0.4, 0.5) is 11.5 Å². The summed E-state index contributed by atoms with van der Waals surface area (Å²) in [4.78, 5) is 6.42. The van der Waals surface area contributed by atoms with Crippen LogP contribution in [0.5, 0.6) is 0 Å². The van der Waals surface area contributed by atoms with Crippen LogP contribution < -0.4 is 16.0 Å². The molecule has 0 aromatic carbocycles. The fourth-order valence-corrected chi connectivity index (χ4v) is 3.17. The summed E-state index contributed by atoms with van der Waals surface area (Å²) in [5, 5.41) is 7.93. The molecule has 3 N–H and O–H groups in total. The Bertz CT molecular complexity index is 672. The third-order valence-electron chi connectivity index (χ3n) is 4.51. The van der Waals surface area contributed by atoms with E-state index in [4.69, 9.17) is 5.73 Å². The Kier molecular flexibility index (Phi) is 2.32. The van der Waals surface area contributed by atoms with Gasteiger partial charge in [0, 0.05) is 37.5 Å². The summed E-state index contributed by atoms with van der Waals surface area (Å²) in [7, 11) is 2.07. The van der Waals surface area contributed by atoms with E-state index in [1.54, 1.807) is 6.20 Å². The van der Waals surface area contributed by atoms with Gasteiger partial charge in [-0.3, -0.25) is 4.68 Å². The lowest BCUT2D eigenvalue weighted by atomic mass is 9.95. The minimum atomic E-state index is 0.243. The van der Waals surface area contributed by atoms with Gasteiger partial charge in [-0.2, -0.15) is 5.10 Å². The smallest absolute Gasteiger partial charge is 0.147 e. The molecule has 6 nitrogen and oxygen atoms in total. The summed E-state index contributed by atoms with van der Waals surface area (Å²) >= 11 is 0. The van der Waals surface area contributed by atoms with Crippen molar-refractivity contribution in [1.29, 1.82) is 0 Å². The molecule has 0 aliphatic carbocycles. The van der Waals surface area contributed by atoms with Gasteiger partial charge in [-0.25, -0.2) is 4.98 Å². The molecule has 2 aliphatic rings. The van der Waals surface area contributed by atoms with E-state index in [2.05, 4.69) is 39.0 Å². The summed E-state index contributed by atoms with van der Waals surface area (Å²) in [6.07, 6.45) is 3.74. The Morgan fingerprint density at radius 1 is 1.35 bits per heavy atom. The van der Waals surface area contributed by atoms with E-state index < -0.39 is 0 Å². The van der Waals surface area contributed by atoms with Crippen molar-refractivity contribution in [3.8, 4) is 11.1 Å². The van der Waals surface area contributed by atoms with E-state index in [1.807, 2.05) is 12.3 Å². The first-order valence-corrected chi connectivity index (χ1v) is 6.94. The number of rotatable bonds is 1. The van der Waals surface area contributed by atoms with Gasteiger partial charge >= 0.3 is 0 Å². The van der Waals surface area contributed by atoms with E-state index >= 15 is 0 Å². The molecule has 2 aliphatic heterocycles. The van der Waals surface area contributed by atoms with Gasteiger partial charge < -0.3 is 16.0 Å². The van der Waals surface area contributed by atoms with Crippen LogP contribution in [0, 0.1) is 0 Å². The molecule has 6 heteroatoms. The Balaban J connectivity index is 1.95. The molecular formula is C14H18N6. The monoisotopic (exact) mass is 270 g/mol. The van der Waals surface area contributed by atoms with Crippen LogP contribution in [0.25, 0.3) is 11.1 Å². The molecule has 0 bridgehead atoms. The second-order valence-electron chi connectivity index (χ2n) is 5.58. The number of nitrogen functional groups attached to an aromatic ring is 1. The van der Waals surface area contributed by atoms with Crippen molar-refractivity contribution in [3.05, 3.63) is 24.2 Å².